The van der Waals surface area contributed by atoms with Crippen LogP contribution in [-0.4, -0.2) is 10.1 Å². The van der Waals surface area contributed by atoms with E-state index in [2.05, 4.69) is 10.1 Å². The van der Waals surface area contributed by atoms with Gasteiger partial charge in [0.15, 0.2) is 17.5 Å². The third-order valence-electron chi connectivity index (χ3n) is 2.53. The molecule has 0 spiro atoms. The lowest BCUT2D eigenvalue weighted by molar-refractivity contribution is 0.370. The number of hydrogen-bond acceptors (Lipinski definition) is 4. The van der Waals surface area contributed by atoms with Crippen molar-refractivity contribution in [1.29, 1.82) is 0 Å². The maximum absolute atomic E-state index is 13.1. The van der Waals surface area contributed by atoms with Crippen LogP contribution in [-0.2, 0) is 6.42 Å². The fourth-order valence-corrected chi connectivity index (χ4v) is 1.56. The van der Waals surface area contributed by atoms with Gasteiger partial charge in [0.05, 0.1) is 6.04 Å². The summed E-state index contributed by atoms with van der Waals surface area (Å²) in [6.07, 6.45) is 1.54. The smallest absolute Gasteiger partial charge is 0.226 e. The summed E-state index contributed by atoms with van der Waals surface area (Å²) in [5.74, 6) is -1.10. The number of benzene rings is 1. The molecule has 1 heterocycles. The summed E-state index contributed by atoms with van der Waals surface area (Å²) in [5, 5.41) is 3.74. The standard InChI is InChI=1S/C12H13F2N3O/c1-2-3-10-16-12(17-18-10)11(15)7-4-5-8(13)9(14)6-7/h4-6,11H,2-3,15H2,1H3. The molecule has 0 amide bonds. The van der Waals surface area contributed by atoms with Gasteiger partial charge in [0.2, 0.25) is 5.89 Å². The van der Waals surface area contributed by atoms with Gasteiger partial charge in [-0.25, -0.2) is 8.78 Å². The Labute approximate surface area is 103 Å². The Balaban J connectivity index is 2.23. The summed E-state index contributed by atoms with van der Waals surface area (Å²) in [6, 6.07) is 2.74. The molecule has 2 rings (SSSR count). The first-order valence-corrected chi connectivity index (χ1v) is 5.64. The first-order chi connectivity index (χ1) is 8.61. The number of halogens is 2. The molecule has 1 atom stereocenters. The molecule has 0 radical (unpaired) electrons. The largest absolute Gasteiger partial charge is 0.339 e. The predicted octanol–water partition coefficient (Wildman–Crippen LogP) is 2.35. The molecule has 1 unspecified atom stereocenters. The van der Waals surface area contributed by atoms with Crippen LogP contribution in [0.15, 0.2) is 22.7 Å². The molecular weight excluding hydrogens is 240 g/mol. The van der Waals surface area contributed by atoms with Crippen molar-refractivity contribution in [3.8, 4) is 0 Å². The van der Waals surface area contributed by atoms with E-state index in [0.29, 0.717) is 17.9 Å². The number of hydrogen-bond donors (Lipinski definition) is 1. The second kappa shape index (κ2) is 5.22. The van der Waals surface area contributed by atoms with Crippen molar-refractivity contribution in [2.45, 2.75) is 25.8 Å². The molecule has 96 valence electrons. The SMILES string of the molecule is CCCc1nc(C(N)c2ccc(F)c(F)c2)no1. The van der Waals surface area contributed by atoms with E-state index in [1.807, 2.05) is 6.92 Å². The Morgan fingerprint density at radius 1 is 1.33 bits per heavy atom. The number of nitrogens with zero attached hydrogens (tertiary/aromatic N) is 2. The van der Waals surface area contributed by atoms with Crippen molar-refractivity contribution >= 4 is 0 Å². The van der Waals surface area contributed by atoms with Gasteiger partial charge in [-0.05, 0) is 24.1 Å². The van der Waals surface area contributed by atoms with Gasteiger partial charge in [-0.3, -0.25) is 0 Å². The highest BCUT2D eigenvalue weighted by atomic mass is 19.2. The average Bonchev–Trinajstić information content (AvgIpc) is 2.81. The van der Waals surface area contributed by atoms with Crippen molar-refractivity contribution in [3.05, 3.63) is 47.1 Å². The fourth-order valence-electron chi connectivity index (χ4n) is 1.56. The van der Waals surface area contributed by atoms with Crippen LogP contribution in [0, 0.1) is 11.6 Å². The van der Waals surface area contributed by atoms with Gasteiger partial charge >= 0.3 is 0 Å². The van der Waals surface area contributed by atoms with Crippen molar-refractivity contribution < 1.29 is 13.3 Å². The highest BCUT2D eigenvalue weighted by molar-refractivity contribution is 5.25. The van der Waals surface area contributed by atoms with Crippen LogP contribution >= 0.6 is 0 Å². The molecule has 0 aliphatic heterocycles. The molecule has 6 heteroatoms. The predicted molar refractivity (Wildman–Crippen MR) is 60.7 cm³/mol. The first kappa shape index (κ1) is 12.6. The Morgan fingerprint density at radius 3 is 2.78 bits per heavy atom. The van der Waals surface area contributed by atoms with E-state index in [4.69, 9.17) is 10.3 Å². The molecular formula is C12H13F2N3O. The Bertz CT molecular complexity index is 542. The molecule has 0 saturated carbocycles. The van der Waals surface area contributed by atoms with Crippen LogP contribution < -0.4 is 5.73 Å². The van der Waals surface area contributed by atoms with Gasteiger partial charge in [0.1, 0.15) is 0 Å². The van der Waals surface area contributed by atoms with Crippen LogP contribution in [0.25, 0.3) is 0 Å². The molecule has 18 heavy (non-hydrogen) atoms. The minimum absolute atomic E-state index is 0.268. The summed E-state index contributed by atoms with van der Waals surface area (Å²) in [7, 11) is 0. The number of rotatable bonds is 4. The van der Waals surface area contributed by atoms with E-state index in [0.717, 1.165) is 18.6 Å². The topological polar surface area (TPSA) is 64.9 Å². The van der Waals surface area contributed by atoms with Gasteiger partial charge in [0, 0.05) is 6.42 Å². The summed E-state index contributed by atoms with van der Waals surface area (Å²) in [4.78, 5) is 4.11. The van der Waals surface area contributed by atoms with Gasteiger partial charge in [0.25, 0.3) is 0 Å². The highest BCUT2D eigenvalue weighted by Gasteiger charge is 2.17. The van der Waals surface area contributed by atoms with Crippen molar-refractivity contribution in [2.24, 2.45) is 5.73 Å². The van der Waals surface area contributed by atoms with Crippen molar-refractivity contribution in [2.75, 3.05) is 0 Å². The normalized spacial score (nSPS) is 12.7. The van der Waals surface area contributed by atoms with Crippen LogP contribution in [0.1, 0.15) is 36.7 Å². The first-order valence-electron chi connectivity index (χ1n) is 5.64. The van der Waals surface area contributed by atoms with E-state index < -0.39 is 17.7 Å². The summed E-state index contributed by atoms with van der Waals surface area (Å²) in [5.41, 5.74) is 6.27. The lowest BCUT2D eigenvalue weighted by Crippen LogP contribution is -2.14. The lowest BCUT2D eigenvalue weighted by Gasteiger charge is -2.07. The van der Waals surface area contributed by atoms with Crippen LogP contribution in [0.3, 0.4) is 0 Å². The zero-order chi connectivity index (χ0) is 13.1. The van der Waals surface area contributed by atoms with Gasteiger partial charge in [-0.15, -0.1) is 0 Å². The van der Waals surface area contributed by atoms with E-state index in [9.17, 15) is 8.78 Å². The summed E-state index contributed by atoms with van der Waals surface area (Å²) < 4.78 is 30.9. The van der Waals surface area contributed by atoms with Gasteiger partial charge < -0.3 is 10.3 Å². The van der Waals surface area contributed by atoms with E-state index in [1.165, 1.54) is 6.07 Å². The molecule has 0 bridgehead atoms. The van der Waals surface area contributed by atoms with Gasteiger partial charge in [-0.1, -0.05) is 18.1 Å². The summed E-state index contributed by atoms with van der Waals surface area (Å²) in [6.45, 7) is 1.99. The van der Waals surface area contributed by atoms with Crippen molar-refractivity contribution in [3.63, 3.8) is 0 Å². The molecule has 2 N–H and O–H groups in total. The maximum atomic E-state index is 13.1. The van der Waals surface area contributed by atoms with E-state index in [1.54, 1.807) is 0 Å². The fraction of sp³-hybridized carbons (Fsp3) is 0.333. The quantitative estimate of drug-likeness (QED) is 0.908. The van der Waals surface area contributed by atoms with E-state index >= 15 is 0 Å². The monoisotopic (exact) mass is 253 g/mol. The third kappa shape index (κ3) is 2.53. The van der Waals surface area contributed by atoms with Crippen LogP contribution in [0.5, 0.6) is 0 Å². The van der Waals surface area contributed by atoms with Crippen LogP contribution in [0.4, 0.5) is 8.78 Å². The highest BCUT2D eigenvalue weighted by Crippen LogP contribution is 2.19. The lowest BCUT2D eigenvalue weighted by atomic mass is 10.1. The molecule has 2 aromatic rings. The Hall–Kier alpha value is -1.82. The number of nitrogens with two attached hydrogens (primary N) is 1. The summed E-state index contributed by atoms with van der Waals surface area (Å²) >= 11 is 0. The second-order valence-corrected chi connectivity index (χ2v) is 3.95. The molecule has 0 fully saturated rings. The van der Waals surface area contributed by atoms with E-state index in [-0.39, 0.29) is 5.82 Å². The molecule has 0 saturated heterocycles. The zero-order valence-corrected chi connectivity index (χ0v) is 9.86. The average molecular weight is 253 g/mol. The molecule has 0 aliphatic carbocycles. The Kier molecular flexibility index (Phi) is 3.66. The third-order valence-corrected chi connectivity index (χ3v) is 2.53. The second-order valence-electron chi connectivity index (χ2n) is 3.95. The molecule has 0 aliphatic rings. The Morgan fingerprint density at radius 2 is 2.11 bits per heavy atom. The number of aryl methyl sites for hydroxylation is 1. The van der Waals surface area contributed by atoms with Crippen LogP contribution in [0.2, 0.25) is 0 Å². The minimum Gasteiger partial charge on any atom is -0.339 e. The van der Waals surface area contributed by atoms with Crippen molar-refractivity contribution in [1.82, 2.24) is 10.1 Å². The molecule has 1 aromatic heterocycles. The minimum atomic E-state index is -0.944. The van der Waals surface area contributed by atoms with Gasteiger partial charge in [-0.2, -0.15) is 4.98 Å². The number of aromatic nitrogens is 2. The molecule has 1 aromatic carbocycles. The zero-order valence-electron chi connectivity index (χ0n) is 9.86. The molecule has 4 nitrogen and oxygen atoms in total. The maximum Gasteiger partial charge on any atom is 0.226 e.